The Morgan fingerprint density at radius 1 is 1.21 bits per heavy atom. The van der Waals surface area contributed by atoms with E-state index in [4.69, 9.17) is 0 Å². The first-order chi connectivity index (χ1) is 9.09. The number of nitrogens with zero attached hydrogens (tertiary/aromatic N) is 2. The highest BCUT2D eigenvalue weighted by molar-refractivity contribution is 5.80. The maximum Gasteiger partial charge on any atom is 0.239 e. The lowest BCUT2D eigenvalue weighted by Crippen LogP contribution is -2.47. The van der Waals surface area contributed by atoms with Crippen LogP contribution in [0.5, 0.6) is 0 Å². The normalized spacial score (nSPS) is 19.1. The van der Waals surface area contributed by atoms with Gasteiger partial charge >= 0.3 is 0 Å². The Hall–Kier alpha value is -1.35. The van der Waals surface area contributed by atoms with Gasteiger partial charge in [0.2, 0.25) is 5.91 Å². The van der Waals surface area contributed by atoms with Crippen LogP contribution in [0.4, 0.5) is 0 Å². The predicted octanol–water partition coefficient (Wildman–Crippen LogP) is 2.34. The number of rotatable bonds is 3. The number of likely N-dealkylation sites (tertiary alicyclic amines) is 1. The number of carbonyl (C=O) groups is 1. The average Bonchev–Trinajstić information content (AvgIpc) is 2.46. The van der Waals surface area contributed by atoms with Gasteiger partial charge in [-0.3, -0.25) is 9.69 Å². The van der Waals surface area contributed by atoms with Crippen LogP contribution in [-0.4, -0.2) is 48.9 Å². The molecule has 1 aromatic carbocycles. The van der Waals surface area contributed by atoms with Crippen molar-refractivity contribution in [3.63, 3.8) is 0 Å². The van der Waals surface area contributed by atoms with Crippen molar-refractivity contribution in [3.8, 4) is 0 Å². The molecule has 3 heteroatoms. The third-order valence-corrected chi connectivity index (χ3v) is 4.15. The summed E-state index contributed by atoms with van der Waals surface area (Å²) >= 11 is 0. The summed E-state index contributed by atoms with van der Waals surface area (Å²) in [4.78, 5) is 16.0. The van der Waals surface area contributed by atoms with Crippen LogP contribution >= 0.6 is 0 Å². The largest absolute Gasteiger partial charge is 0.347 e. The van der Waals surface area contributed by atoms with E-state index < -0.39 is 0 Å². The zero-order valence-electron chi connectivity index (χ0n) is 12.2. The second kappa shape index (κ2) is 6.20. The summed E-state index contributed by atoms with van der Waals surface area (Å²) in [6.07, 6.45) is 2.30. The monoisotopic (exact) mass is 260 g/mol. The van der Waals surface area contributed by atoms with Gasteiger partial charge in [0.25, 0.3) is 0 Å². The Balaban J connectivity index is 1.91. The minimum Gasteiger partial charge on any atom is -0.347 e. The quantitative estimate of drug-likeness (QED) is 0.833. The number of hydrogen-bond donors (Lipinski definition) is 0. The predicted molar refractivity (Wildman–Crippen MR) is 78.1 cm³/mol. The molecule has 1 aromatic rings. The molecule has 2 rings (SSSR count). The molecular weight excluding hydrogens is 236 g/mol. The van der Waals surface area contributed by atoms with E-state index in [0.717, 1.165) is 25.9 Å². The fourth-order valence-corrected chi connectivity index (χ4v) is 2.88. The summed E-state index contributed by atoms with van der Waals surface area (Å²) in [5.74, 6) is 0.859. The first-order valence-corrected chi connectivity index (χ1v) is 7.09. The molecule has 1 saturated heterocycles. The molecule has 19 heavy (non-hydrogen) atoms. The highest BCUT2D eigenvalue weighted by Gasteiger charge is 2.27. The summed E-state index contributed by atoms with van der Waals surface area (Å²) < 4.78 is 0. The SMILES string of the molecule is CC(C(=O)N(C)C)N1CCC(c2ccccc2)CC1. The molecule has 1 unspecified atom stereocenters. The van der Waals surface area contributed by atoms with E-state index in [1.165, 1.54) is 5.56 Å². The number of piperidine rings is 1. The van der Waals surface area contributed by atoms with Crippen LogP contribution in [0.2, 0.25) is 0 Å². The van der Waals surface area contributed by atoms with Crippen LogP contribution in [0.15, 0.2) is 30.3 Å². The zero-order chi connectivity index (χ0) is 13.8. The lowest BCUT2D eigenvalue weighted by atomic mass is 9.89. The number of amides is 1. The van der Waals surface area contributed by atoms with Gasteiger partial charge in [-0.1, -0.05) is 30.3 Å². The molecule has 0 N–H and O–H groups in total. The lowest BCUT2D eigenvalue weighted by Gasteiger charge is -2.36. The Bertz CT molecular complexity index is 408. The van der Waals surface area contributed by atoms with Gasteiger partial charge in [-0.25, -0.2) is 0 Å². The van der Waals surface area contributed by atoms with E-state index in [9.17, 15) is 4.79 Å². The van der Waals surface area contributed by atoms with Gasteiger partial charge in [-0.05, 0) is 44.3 Å². The molecule has 1 heterocycles. The molecule has 1 aliphatic rings. The molecule has 0 saturated carbocycles. The summed E-state index contributed by atoms with van der Waals surface area (Å²) in [6, 6.07) is 10.7. The third-order valence-electron chi connectivity index (χ3n) is 4.15. The van der Waals surface area contributed by atoms with Crippen molar-refractivity contribution in [1.82, 2.24) is 9.80 Å². The van der Waals surface area contributed by atoms with Crippen LogP contribution in [0.1, 0.15) is 31.2 Å². The third kappa shape index (κ3) is 3.35. The minimum atomic E-state index is 0.00623. The topological polar surface area (TPSA) is 23.6 Å². The van der Waals surface area contributed by atoms with Crippen LogP contribution < -0.4 is 0 Å². The van der Waals surface area contributed by atoms with Crippen LogP contribution in [-0.2, 0) is 4.79 Å². The summed E-state index contributed by atoms with van der Waals surface area (Å²) in [5.41, 5.74) is 1.44. The second-order valence-electron chi connectivity index (χ2n) is 5.63. The molecule has 0 aromatic heterocycles. The molecule has 1 atom stereocenters. The molecule has 1 amide bonds. The molecule has 0 spiro atoms. The van der Waals surface area contributed by atoms with Gasteiger partial charge in [0, 0.05) is 14.1 Å². The van der Waals surface area contributed by atoms with Crippen molar-refractivity contribution in [2.24, 2.45) is 0 Å². The smallest absolute Gasteiger partial charge is 0.239 e. The van der Waals surface area contributed by atoms with Gasteiger partial charge in [-0.2, -0.15) is 0 Å². The average molecular weight is 260 g/mol. The van der Waals surface area contributed by atoms with E-state index in [1.807, 2.05) is 21.0 Å². The van der Waals surface area contributed by atoms with E-state index in [0.29, 0.717) is 5.92 Å². The fourth-order valence-electron chi connectivity index (χ4n) is 2.88. The number of benzene rings is 1. The molecule has 0 radical (unpaired) electrons. The van der Waals surface area contributed by atoms with E-state index in [2.05, 4.69) is 35.2 Å². The Morgan fingerprint density at radius 3 is 2.32 bits per heavy atom. The van der Waals surface area contributed by atoms with Crippen LogP contribution in [0.25, 0.3) is 0 Å². The second-order valence-corrected chi connectivity index (χ2v) is 5.63. The summed E-state index contributed by atoms with van der Waals surface area (Å²) in [6.45, 7) is 4.05. The van der Waals surface area contributed by atoms with Crippen molar-refractivity contribution >= 4 is 5.91 Å². The maximum atomic E-state index is 12.0. The molecular formula is C16H24N2O. The molecule has 0 aliphatic carbocycles. The maximum absolute atomic E-state index is 12.0. The first kappa shape index (κ1) is 14.1. The Labute approximate surface area is 116 Å². The van der Waals surface area contributed by atoms with Crippen LogP contribution in [0, 0.1) is 0 Å². The molecule has 1 aliphatic heterocycles. The van der Waals surface area contributed by atoms with Gasteiger partial charge in [0.05, 0.1) is 6.04 Å². The van der Waals surface area contributed by atoms with Crippen molar-refractivity contribution in [3.05, 3.63) is 35.9 Å². The van der Waals surface area contributed by atoms with Crippen LogP contribution in [0.3, 0.4) is 0 Å². The first-order valence-electron chi connectivity index (χ1n) is 7.09. The van der Waals surface area contributed by atoms with Crippen molar-refractivity contribution in [1.29, 1.82) is 0 Å². The van der Waals surface area contributed by atoms with Gasteiger partial charge in [0.15, 0.2) is 0 Å². The molecule has 104 valence electrons. The van der Waals surface area contributed by atoms with Crippen molar-refractivity contribution in [2.75, 3.05) is 27.2 Å². The fraction of sp³-hybridized carbons (Fsp3) is 0.562. The Morgan fingerprint density at radius 2 is 1.79 bits per heavy atom. The van der Waals surface area contributed by atoms with E-state index >= 15 is 0 Å². The van der Waals surface area contributed by atoms with Gasteiger partial charge in [-0.15, -0.1) is 0 Å². The molecule has 3 nitrogen and oxygen atoms in total. The minimum absolute atomic E-state index is 0.00623. The highest BCUT2D eigenvalue weighted by Crippen LogP contribution is 2.28. The van der Waals surface area contributed by atoms with E-state index in [1.54, 1.807) is 4.90 Å². The summed E-state index contributed by atoms with van der Waals surface area (Å²) in [7, 11) is 3.66. The van der Waals surface area contributed by atoms with Gasteiger partial charge < -0.3 is 4.90 Å². The Kier molecular flexibility index (Phi) is 4.59. The number of carbonyl (C=O) groups excluding carboxylic acids is 1. The standard InChI is InChI=1S/C16H24N2O/c1-13(16(19)17(2)3)18-11-9-15(10-12-18)14-7-5-4-6-8-14/h4-8,13,15H,9-12H2,1-3H3. The van der Waals surface area contributed by atoms with Gasteiger partial charge in [0.1, 0.15) is 0 Å². The zero-order valence-corrected chi connectivity index (χ0v) is 12.2. The highest BCUT2D eigenvalue weighted by atomic mass is 16.2. The number of hydrogen-bond acceptors (Lipinski definition) is 2. The molecule has 0 bridgehead atoms. The summed E-state index contributed by atoms with van der Waals surface area (Å²) in [5, 5.41) is 0. The van der Waals surface area contributed by atoms with Crippen molar-refractivity contribution < 1.29 is 4.79 Å². The number of likely N-dealkylation sites (N-methyl/N-ethyl adjacent to an activating group) is 1. The van der Waals surface area contributed by atoms with Crippen molar-refractivity contribution in [2.45, 2.75) is 31.7 Å². The van der Waals surface area contributed by atoms with E-state index in [-0.39, 0.29) is 11.9 Å². The lowest BCUT2D eigenvalue weighted by molar-refractivity contribution is -0.134. The molecule has 1 fully saturated rings.